The van der Waals surface area contributed by atoms with Crippen LogP contribution >= 0.6 is 11.6 Å². The smallest absolute Gasteiger partial charge is 0.415 e. The van der Waals surface area contributed by atoms with E-state index in [1.807, 2.05) is 6.07 Å². The first-order valence-electron chi connectivity index (χ1n) is 8.23. The van der Waals surface area contributed by atoms with Crippen molar-refractivity contribution in [2.45, 2.75) is 0 Å². The molecule has 1 saturated heterocycles. The third-order valence-electron chi connectivity index (χ3n) is 4.18. The summed E-state index contributed by atoms with van der Waals surface area (Å²) in [5.41, 5.74) is 0.424. The molecule has 1 heterocycles. The Balaban J connectivity index is 1.58. The molecule has 7 heteroatoms. The number of piperazine rings is 1. The van der Waals surface area contributed by atoms with Gasteiger partial charge in [-0.15, -0.1) is 0 Å². The van der Waals surface area contributed by atoms with Gasteiger partial charge in [0.05, 0.1) is 17.7 Å². The van der Waals surface area contributed by atoms with E-state index in [9.17, 15) is 9.59 Å². The van der Waals surface area contributed by atoms with Crippen LogP contribution in [0.2, 0.25) is 5.02 Å². The molecule has 1 fully saturated rings. The van der Waals surface area contributed by atoms with Gasteiger partial charge < -0.3 is 19.3 Å². The highest BCUT2D eigenvalue weighted by atomic mass is 35.5. The van der Waals surface area contributed by atoms with Gasteiger partial charge in [0, 0.05) is 26.2 Å². The number of carbonyl (C=O) groups excluding carboxylic acids is 2. The Labute approximate surface area is 156 Å². The molecule has 26 heavy (non-hydrogen) atoms. The van der Waals surface area contributed by atoms with Crippen molar-refractivity contribution in [1.82, 2.24) is 9.80 Å². The summed E-state index contributed by atoms with van der Waals surface area (Å²) in [6, 6.07) is 13.9. The summed E-state index contributed by atoms with van der Waals surface area (Å²) < 4.78 is 10.4. The average molecular weight is 375 g/mol. The number of ether oxygens (including phenoxy) is 2. The Morgan fingerprint density at radius 1 is 0.923 bits per heavy atom. The zero-order valence-corrected chi connectivity index (χ0v) is 15.1. The van der Waals surface area contributed by atoms with Crippen molar-refractivity contribution in [3.8, 4) is 11.5 Å². The molecule has 0 bridgehead atoms. The summed E-state index contributed by atoms with van der Waals surface area (Å²) in [6.45, 7) is 1.66. The average Bonchev–Trinajstić information content (AvgIpc) is 2.68. The van der Waals surface area contributed by atoms with Gasteiger partial charge in [-0.25, -0.2) is 4.79 Å². The Morgan fingerprint density at radius 3 is 2.19 bits per heavy atom. The van der Waals surface area contributed by atoms with Crippen LogP contribution in [-0.4, -0.2) is 55.1 Å². The number of para-hydroxylation sites is 1. The van der Waals surface area contributed by atoms with E-state index < -0.39 is 6.09 Å². The van der Waals surface area contributed by atoms with Gasteiger partial charge in [-0.1, -0.05) is 29.8 Å². The molecule has 3 rings (SSSR count). The van der Waals surface area contributed by atoms with Crippen molar-refractivity contribution in [2.75, 3.05) is 33.3 Å². The number of hydrogen-bond acceptors (Lipinski definition) is 4. The number of nitrogens with zero attached hydrogens (tertiary/aromatic N) is 2. The second-order valence-electron chi connectivity index (χ2n) is 5.81. The Morgan fingerprint density at radius 2 is 1.58 bits per heavy atom. The van der Waals surface area contributed by atoms with Crippen LogP contribution < -0.4 is 9.47 Å². The molecule has 0 unspecified atom stereocenters. The normalized spacial score (nSPS) is 14.1. The van der Waals surface area contributed by atoms with E-state index in [0.29, 0.717) is 48.3 Å². The highest BCUT2D eigenvalue weighted by Gasteiger charge is 2.27. The minimum Gasteiger partial charge on any atom is -0.497 e. The third-order valence-corrected chi connectivity index (χ3v) is 4.49. The largest absolute Gasteiger partial charge is 0.497 e. The summed E-state index contributed by atoms with van der Waals surface area (Å²) in [4.78, 5) is 28.1. The van der Waals surface area contributed by atoms with Crippen molar-refractivity contribution < 1.29 is 19.1 Å². The van der Waals surface area contributed by atoms with Gasteiger partial charge in [0.25, 0.3) is 5.91 Å². The van der Waals surface area contributed by atoms with Crippen molar-refractivity contribution >= 4 is 23.6 Å². The molecule has 2 aromatic carbocycles. The van der Waals surface area contributed by atoms with Crippen LogP contribution in [0.3, 0.4) is 0 Å². The quantitative estimate of drug-likeness (QED) is 0.827. The zero-order chi connectivity index (χ0) is 18.5. The first kappa shape index (κ1) is 18.1. The van der Waals surface area contributed by atoms with E-state index in [1.165, 1.54) is 0 Å². The van der Waals surface area contributed by atoms with Crippen molar-refractivity contribution in [2.24, 2.45) is 0 Å². The predicted molar refractivity (Wildman–Crippen MR) is 97.9 cm³/mol. The molecule has 0 aliphatic carbocycles. The minimum absolute atomic E-state index is 0.159. The maximum atomic E-state index is 12.7. The molecule has 0 aromatic heterocycles. The highest BCUT2D eigenvalue weighted by molar-refractivity contribution is 6.34. The van der Waals surface area contributed by atoms with E-state index in [0.717, 1.165) is 0 Å². The first-order valence-corrected chi connectivity index (χ1v) is 8.61. The number of methoxy groups -OCH3 is 1. The number of benzene rings is 2. The molecule has 0 radical (unpaired) electrons. The lowest BCUT2D eigenvalue weighted by molar-refractivity contribution is 0.0633. The molecule has 136 valence electrons. The van der Waals surface area contributed by atoms with E-state index in [4.69, 9.17) is 21.1 Å². The molecule has 0 saturated carbocycles. The second kappa shape index (κ2) is 8.10. The Bertz CT molecular complexity index is 789. The molecule has 0 N–H and O–H groups in total. The molecular formula is C19H19ClN2O4. The fourth-order valence-electron chi connectivity index (χ4n) is 2.71. The summed E-state index contributed by atoms with van der Waals surface area (Å²) in [5, 5.41) is 0.347. The van der Waals surface area contributed by atoms with Gasteiger partial charge in [0.2, 0.25) is 0 Å². The van der Waals surface area contributed by atoms with Gasteiger partial charge >= 0.3 is 6.09 Å². The second-order valence-corrected chi connectivity index (χ2v) is 6.21. The Hall–Kier alpha value is -2.73. The van der Waals surface area contributed by atoms with E-state index in [2.05, 4.69) is 0 Å². The predicted octanol–water partition coefficient (Wildman–Crippen LogP) is 3.31. The third kappa shape index (κ3) is 4.08. The van der Waals surface area contributed by atoms with E-state index >= 15 is 0 Å². The minimum atomic E-state index is -0.411. The van der Waals surface area contributed by atoms with Gasteiger partial charge in [0.15, 0.2) is 0 Å². The van der Waals surface area contributed by atoms with E-state index in [-0.39, 0.29) is 5.91 Å². The molecule has 1 aliphatic rings. The van der Waals surface area contributed by atoms with Gasteiger partial charge in [0.1, 0.15) is 11.5 Å². The van der Waals surface area contributed by atoms with Crippen molar-refractivity contribution in [3.05, 3.63) is 59.1 Å². The number of rotatable bonds is 3. The SMILES string of the molecule is COc1ccc(C(=O)N2CCN(C(=O)Oc3ccccc3)CC2)c(Cl)c1. The van der Waals surface area contributed by atoms with Crippen molar-refractivity contribution in [3.63, 3.8) is 0 Å². The summed E-state index contributed by atoms with van der Waals surface area (Å²) in [6.07, 6.45) is -0.411. The lowest BCUT2D eigenvalue weighted by Crippen LogP contribution is -2.51. The lowest BCUT2D eigenvalue weighted by Gasteiger charge is -2.34. The number of halogens is 1. The summed E-state index contributed by atoms with van der Waals surface area (Å²) >= 11 is 6.18. The topological polar surface area (TPSA) is 59.1 Å². The molecule has 1 aliphatic heterocycles. The molecule has 0 spiro atoms. The Kier molecular flexibility index (Phi) is 5.63. The van der Waals surface area contributed by atoms with Crippen LogP contribution in [0.1, 0.15) is 10.4 Å². The number of hydrogen-bond donors (Lipinski definition) is 0. The van der Waals surface area contributed by atoms with Crippen LogP contribution in [0.4, 0.5) is 4.79 Å². The first-order chi connectivity index (χ1) is 12.6. The van der Waals surface area contributed by atoms with Crippen molar-refractivity contribution in [1.29, 1.82) is 0 Å². The van der Waals surface area contributed by atoms with Crippen LogP contribution in [0.15, 0.2) is 48.5 Å². The number of carbonyl (C=O) groups is 2. The highest BCUT2D eigenvalue weighted by Crippen LogP contribution is 2.24. The molecule has 0 atom stereocenters. The zero-order valence-electron chi connectivity index (χ0n) is 14.4. The summed E-state index contributed by atoms with van der Waals surface area (Å²) in [7, 11) is 1.54. The standard InChI is InChI=1S/C19H19ClN2O4/c1-25-15-7-8-16(17(20)13-15)18(23)21-9-11-22(12-10-21)19(24)26-14-5-3-2-4-6-14/h2-8,13H,9-12H2,1H3. The monoisotopic (exact) mass is 374 g/mol. The van der Waals surface area contributed by atoms with Crippen LogP contribution in [0, 0.1) is 0 Å². The molecule has 2 aromatic rings. The lowest BCUT2D eigenvalue weighted by atomic mass is 10.1. The van der Waals surface area contributed by atoms with E-state index in [1.54, 1.807) is 59.4 Å². The molecular weight excluding hydrogens is 356 g/mol. The van der Waals surface area contributed by atoms with Crippen LogP contribution in [0.25, 0.3) is 0 Å². The van der Waals surface area contributed by atoms with Crippen LogP contribution in [0.5, 0.6) is 11.5 Å². The molecule has 2 amide bonds. The summed E-state index contributed by atoms with van der Waals surface area (Å²) in [5.74, 6) is 0.940. The number of amides is 2. The maximum absolute atomic E-state index is 12.7. The van der Waals surface area contributed by atoms with Gasteiger partial charge in [-0.2, -0.15) is 0 Å². The van der Waals surface area contributed by atoms with Crippen LogP contribution in [-0.2, 0) is 0 Å². The fraction of sp³-hybridized carbons (Fsp3) is 0.263. The maximum Gasteiger partial charge on any atom is 0.415 e. The fourth-order valence-corrected chi connectivity index (χ4v) is 2.96. The van der Waals surface area contributed by atoms with Gasteiger partial charge in [-0.05, 0) is 30.3 Å². The van der Waals surface area contributed by atoms with Gasteiger partial charge in [-0.3, -0.25) is 4.79 Å². The molecule has 6 nitrogen and oxygen atoms in total.